The Morgan fingerprint density at radius 1 is 0.519 bits per heavy atom. The van der Waals surface area contributed by atoms with E-state index in [1.165, 1.54) is 17.5 Å². The highest BCUT2D eigenvalue weighted by Crippen LogP contribution is 1.92. The summed E-state index contributed by atoms with van der Waals surface area (Å²) >= 11 is 0. The SMILES string of the molecule is CC.CC.CC.Cc1ccccc1.Cc1ccncc1.Cc1ccncn1. The fraction of sp³-hybridized carbons (Fsp3) is 0.375. The van der Waals surface area contributed by atoms with Crippen molar-refractivity contribution < 1.29 is 0 Å². The number of pyridine rings is 1. The number of hydrogen-bond acceptors (Lipinski definition) is 3. The summed E-state index contributed by atoms with van der Waals surface area (Å²) in [7, 11) is 0. The summed E-state index contributed by atoms with van der Waals surface area (Å²) < 4.78 is 0. The molecule has 0 aliphatic rings. The highest BCUT2D eigenvalue weighted by atomic mass is 14.8. The fourth-order valence-electron chi connectivity index (χ4n) is 1.32. The van der Waals surface area contributed by atoms with Gasteiger partial charge < -0.3 is 0 Å². The molecule has 0 spiro atoms. The van der Waals surface area contributed by atoms with Crippen LogP contribution in [0.3, 0.4) is 0 Å². The Hall–Kier alpha value is -2.55. The second-order valence-corrected chi connectivity index (χ2v) is 4.53. The van der Waals surface area contributed by atoms with Crippen LogP contribution in [0.4, 0.5) is 0 Å². The Labute approximate surface area is 168 Å². The van der Waals surface area contributed by atoms with Gasteiger partial charge in [-0.25, -0.2) is 9.97 Å². The average molecular weight is 370 g/mol. The Morgan fingerprint density at radius 2 is 0.963 bits per heavy atom. The summed E-state index contributed by atoms with van der Waals surface area (Å²) in [6.45, 7) is 18.1. The van der Waals surface area contributed by atoms with Crippen molar-refractivity contribution in [3.8, 4) is 0 Å². The lowest BCUT2D eigenvalue weighted by atomic mass is 10.2. The van der Waals surface area contributed by atoms with E-state index >= 15 is 0 Å². The molecule has 0 fully saturated rings. The van der Waals surface area contributed by atoms with Gasteiger partial charge in [0, 0.05) is 24.3 Å². The molecule has 0 aliphatic carbocycles. The first kappa shape index (κ1) is 29.2. The maximum absolute atomic E-state index is 3.87. The van der Waals surface area contributed by atoms with Crippen LogP contribution in [0, 0.1) is 20.8 Å². The molecule has 0 aliphatic heterocycles. The number of hydrogen-bond donors (Lipinski definition) is 0. The third kappa shape index (κ3) is 23.4. The number of aryl methyl sites for hydroxylation is 3. The summed E-state index contributed by atoms with van der Waals surface area (Å²) in [6, 6.07) is 16.1. The van der Waals surface area contributed by atoms with Gasteiger partial charge in [-0.15, -0.1) is 0 Å². The van der Waals surface area contributed by atoms with Crippen LogP contribution < -0.4 is 0 Å². The summed E-state index contributed by atoms with van der Waals surface area (Å²) in [5, 5.41) is 0. The smallest absolute Gasteiger partial charge is 0.115 e. The third-order valence-electron chi connectivity index (χ3n) is 2.52. The molecule has 0 radical (unpaired) electrons. The molecule has 3 heteroatoms. The molecule has 3 rings (SSSR count). The van der Waals surface area contributed by atoms with Crippen molar-refractivity contribution in [3.05, 3.63) is 90.3 Å². The zero-order valence-corrected chi connectivity index (χ0v) is 18.8. The average Bonchev–Trinajstić information content (AvgIpc) is 2.75. The topological polar surface area (TPSA) is 38.7 Å². The standard InChI is InChI=1S/C7H8.C6H7N.C5H6N2.3C2H6/c1-7-5-3-2-4-6-7;1-6-2-4-7-5-3-6;1-5-2-3-6-4-7-5;3*1-2/h2-6H,1H3;2-5H,1H3;2-4H,1H3;3*1-2H3. The van der Waals surface area contributed by atoms with Crippen molar-refractivity contribution in [2.45, 2.75) is 62.3 Å². The van der Waals surface area contributed by atoms with Gasteiger partial charge >= 0.3 is 0 Å². The number of nitrogens with zero attached hydrogens (tertiary/aromatic N) is 3. The minimum absolute atomic E-state index is 1.01. The van der Waals surface area contributed by atoms with E-state index in [9.17, 15) is 0 Å². The van der Waals surface area contributed by atoms with Crippen LogP contribution >= 0.6 is 0 Å². The molecule has 0 unspecified atom stereocenters. The van der Waals surface area contributed by atoms with Crippen LogP contribution in [-0.2, 0) is 0 Å². The van der Waals surface area contributed by atoms with E-state index in [4.69, 9.17) is 0 Å². The first-order chi connectivity index (χ1) is 13.2. The molecule has 3 aromatic rings. The lowest BCUT2D eigenvalue weighted by molar-refractivity contribution is 1.10. The number of aromatic nitrogens is 3. The number of rotatable bonds is 0. The van der Waals surface area contributed by atoms with Crippen LogP contribution in [0.1, 0.15) is 58.4 Å². The van der Waals surface area contributed by atoms with Gasteiger partial charge in [-0.05, 0) is 44.5 Å². The van der Waals surface area contributed by atoms with E-state index in [0.717, 1.165) is 5.69 Å². The maximum atomic E-state index is 3.87. The predicted molar refractivity (Wildman–Crippen MR) is 121 cm³/mol. The lowest BCUT2D eigenvalue weighted by Gasteiger charge is -1.82. The van der Waals surface area contributed by atoms with Crippen LogP contribution in [-0.4, -0.2) is 15.0 Å². The van der Waals surface area contributed by atoms with Gasteiger partial charge in [0.15, 0.2) is 0 Å². The Morgan fingerprint density at radius 3 is 1.19 bits per heavy atom. The van der Waals surface area contributed by atoms with Crippen molar-refractivity contribution >= 4 is 0 Å². The highest BCUT2D eigenvalue weighted by molar-refractivity contribution is 5.11. The molecular weight excluding hydrogens is 330 g/mol. The summed E-state index contributed by atoms with van der Waals surface area (Å²) in [5.41, 5.74) is 3.59. The molecule has 0 N–H and O–H groups in total. The molecule has 27 heavy (non-hydrogen) atoms. The van der Waals surface area contributed by atoms with Crippen molar-refractivity contribution in [1.29, 1.82) is 0 Å². The molecule has 150 valence electrons. The van der Waals surface area contributed by atoms with E-state index in [-0.39, 0.29) is 0 Å². The normalized spacial score (nSPS) is 7.44. The predicted octanol–water partition coefficient (Wildman–Crippen LogP) is 7.25. The molecule has 2 aromatic heterocycles. The second-order valence-electron chi connectivity index (χ2n) is 4.53. The van der Waals surface area contributed by atoms with Gasteiger partial charge in [0.1, 0.15) is 6.33 Å². The maximum Gasteiger partial charge on any atom is 0.115 e. The highest BCUT2D eigenvalue weighted by Gasteiger charge is 1.74. The molecule has 1 aromatic carbocycles. The summed E-state index contributed by atoms with van der Waals surface area (Å²) in [6.07, 6.45) is 6.84. The van der Waals surface area contributed by atoms with Crippen molar-refractivity contribution in [1.82, 2.24) is 15.0 Å². The van der Waals surface area contributed by atoms with Gasteiger partial charge in [0.2, 0.25) is 0 Å². The van der Waals surface area contributed by atoms with E-state index in [1.54, 1.807) is 18.6 Å². The first-order valence-electron chi connectivity index (χ1n) is 9.79. The Bertz CT molecular complexity index is 493. The third-order valence-corrected chi connectivity index (χ3v) is 2.52. The lowest BCUT2D eigenvalue weighted by Crippen LogP contribution is -1.77. The largest absolute Gasteiger partial charge is 0.265 e. The van der Waals surface area contributed by atoms with Crippen LogP contribution in [0.2, 0.25) is 0 Å². The molecular formula is C24H39N3. The Kier molecular flexibility index (Phi) is 27.8. The molecule has 0 saturated heterocycles. The number of benzene rings is 1. The molecule has 0 atom stereocenters. The fourth-order valence-corrected chi connectivity index (χ4v) is 1.32. The molecule has 0 bridgehead atoms. The monoisotopic (exact) mass is 369 g/mol. The van der Waals surface area contributed by atoms with Crippen molar-refractivity contribution in [2.75, 3.05) is 0 Å². The van der Waals surface area contributed by atoms with E-state index in [2.05, 4.69) is 34.0 Å². The van der Waals surface area contributed by atoms with Crippen LogP contribution in [0.5, 0.6) is 0 Å². The van der Waals surface area contributed by atoms with Crippen molar-refractivity contribution in [2.24, 2.45) is 0 Å². The van der Waals surface area contributed by atoms with E-state index in [1.807, 2.05) is 91.8 Å². The summed E-state index contributed by atoms with van der Waals surface area (Å²) in [4.78, 5) is 11.4. The molecule has 3 nitrogen and oxygen atoms in total. The molecule has 0 amide bonds. The van der Waals surface area contributed by atoms with Gasteiger partial charge in [0.05, 0.1) is 0 Å². The van der Waals surface area contributed by atoms with Crippen LogP contribution in [0.25, 0.3) is 0 Å². The minimum atomic E-state index is 1.01. The Balaban J connectivity index is -0.000000281. The van der Waals surface area contributed by atoms with Gasteiger partial charge in [-0.1, -0.05) is 77.4 Å². The first-order valence-corrected chi connectivity index (χ1v) is 9.79. The van der Waals surface area contributed by atoms with Crippen LogP contribution in [0.15, 0.2) is 73.4 Å². The zero-order valence-electron chi connectivity index (χ0n) is 18.8. The molecule has 2 heterocycles. The van der Waals surface area contributed by atoms with Gasteiger partial charge in [-0.3, -0.25) is 4.98 Å². The quantitative estimate of drug-likeness (QED) is 0.419. The summed E-state index contributed by atoms with van der Waals surface area (Å²) in [5.74, 6) is 0. The molecule has 0 saturated carbocycles. The zero-order chi connectivity index (χ0) is 21.3. The second kappa shape index (κ2) is 25.7. The van der Waals surface area contributed by atoms with Gasteiger partial charge in [-0.2, -0.15) is 0 Å². The van der Waals surface area contributed by atoms with Crippen molar-refractivity contribution in [3.63, 3.8) is 0 Å². The minimum Gasteiger partial charge on any atom is -0.265 e. The van der Waals surface area contributed by atoms with Gasteiger partial charge in [0.25, 0.3) is 0 Å². The van der Waals surface area contributed by atoms with E-state index < -0.39 is 0 Å². The van der Waals surface area contributed by atoms with E-state index in [0.29, 0.717) is 0 Å².